The fraction of sp³-hybridized carbons (Fsp3) is 0.154. The van der Waals surface area contributed by atoms with E-state index in [9.17, 15) is 4.39 Å². The first-order valence-electron chi connectivity index (χ1n) is 5.38. The summed E-state index contributed by atoms with van der Waals surface area (Å²) in [6.45, 7) is 2.01. The molecule has 1 atom stereocenters. The number of benzene rings is 1. The van der Waals surface area contributed by atoms with Gasteiger partial charge in [-0.1, -0.05) is 17.7 Å². The van der Waals surface area contributed by atoms with Crippen molar-refractivity contribution in [2.24, 2.45) is 4.99 Å². The minimum atomic E-state index is -0.216. The molecule has 1 aliphatic rings. The van der Waals surface area contributed by atoms with Gasteiger partial charge in [-0.15, -0.1) is 11.3 Å². The summed E-state index contributed by atoms with van der Waals surface area (Å²) < 4.78 is 15.0. The van der Waals surface area contributed by atoms with Crippen molar-refractivity contribution in [3.05, 3.63) is 46.7 Å². The number of thiophene rings is 1. The van der Waals surface area contributed by atoms with Gasteiger partial charge in [-0.3, -0.25) is 4.99 Å². The third-order valence-corrected chi connectivity index (χ3v) is 3.79. The van der Waals surface area contributed by atoms with Gasteiger partial charge in [0.15, 0.2) is 5.13 Å². The number of hydrogen-bond donors (Lipinski definition) is 1. The zero-order valence-corrected chi connectivity index (χ0v) is 10.1. The van der Waals surface area contributed by atoms with Crippen molar-refractivity contribution in [1.82, 2.24) is 5.32 Å². The maximum Gasteiger partial charge on any atom is 0.183 e. The van der Waals surface area contributed by atoms with E-state index in [1.807, 2.05) is 31.2 Å². The van der Waals surface area contributed by atoms with E-state index in [4.69, 9.17) is 0 Å². The standard InChI is InChI=1S/C13H11FN2S/c1-8-2-3-11-9(6-8)12(13(14)17-11)10-4-5-15-7-16-10/h2-7,10H,1H3,(H,15,16). The van der Waals surface area contributed by atoms with E-state index in [-0.39, 0.29) is 11.2 Å². The number of rotatable bonds is 1. The molecular weight excluding hydrogens is 235 g/mol. The molecule has 0 aliphatic carbocycles. The molecule has 86 valence electrons. The van der Waals surface area contributed by atoms with E-state index < -0.39 is 0 Å². The first-order chi connectivity index (χ1) is 8.25. The van der Waals surface area contributed by atoms with Crippen molar-refractivity contribution in [2.45, 2.75) is 13.0 Å². The van der Waals surface area contributed by atoms with E-state index in [1.54, 1.807) is 12.5 Å². The molecule has 1 aromatic carbocycles. The molecule has 1 aliphatic heterocycles. The van der Waals surface area contributed by atoms with Crippen LogP contribution in [-0.4, -0.2) is 6.34 Å². The molecule has 0 spiro atoms. The minimum Gasteiger partial charge on any atom is -0.353 e. The second kappa shape index (κ2) is 3.96. The maximum atomic E-state index is 14.0. The van der Waals surface area contributed by atoms with E-state index >= 15 is 0 Å². The molecule has 2 nitrogen and oxygen atoms in total. The van der Waals surface area contributed by atoms with Gasteiger partial charge in [0.2, 0.25) is 0 Å². The largest absolute Gasteiger partial charge is 0.353 e. The molecule has 0 bridgehead atoms. The molecule has 1 N–H and O–H groups in total. The molecule has 0 radical (unpaired) electrons. The molecule has 0 amide bonds. The number of nitrogens with one attached hydrogen (secondary N) is 1. The van der Waals surface area contributed by atoms with Crippen molar-refractivity contribution >= 4 is 27.8 Å². The fourth-order valence-electron chi connectivity index (χ4n) is 2.01. The maximum absolute atomic E-state index is 14.0. The molecule has 0 saturated heterocycles. The smallest absolute Gasteiger partial charge is 0.183 e. The van der Waals surface area contributed by atoms with Crippen LogP contribution >= 0.6 is 11.3 Å². The Balaban J connectivity index is 2.23. The van der Waals surface area contributed by atoms with Crippen LogP contribution in [0.25, 0.3) is 10.1 Å². The average Bonchev–Trinajstić information content (AvgIpc) is 2.65. The van der Waals surface area contributed by atoms with Crippen LogP contribution in [0.5, 0.6) is 0 Å². The van der Waals surface area contributed by atoms with Crippen LogP contribution in [0.4, 0.5) is 4.39 Å². The van der Waals surface area contributed by atoms with Gasteiger partial charge in [0.25, 0.3) is 0 Å². The molecule has 2 aromatic rings. The Hall–Kier alpha value is -1.68. The van der Waals surface area contributed by atoms with E-state index in [1.165, 1.54) is 11.3 Å². The topological polar surface area (TPSA) is 24.4 Å². The van der Waals surface area contributed by atoms with Gasteiger partial charge in [0.05, 0.1) is 6.34 Å². The van der Waals surface area contributed by atoms with Crippen molar-refractivity contribution in [1.29, 1.82) is 0 Å². The van der Waals surface area contributed by atoms with Crippen LogP contribution in [0, 0.1) is 12.1 Å². The lowest BCUT2D eigenvalue weighted by Crippen LogP contribution is -2.09. The molecular formula is C13H11FN2S. The second-order valence-electron chi connectivity index (χ2n) is 4.04. The molecule has 4 heteroatoms. The number of hydrogen-bond acceptors (Lipinski definition) is 3. The van der Waals surface area contributed by atoms with Crippen LogP contribution in [0.2, 0.25) is 0 Å². The Morgan fingerprint density at radius 1 is 1.41 bits per heavy atom. The summed E-state index contributed by atoms with van der Waals surface area (Å²) in [6, 6.07) is 5.78. The summed E-state index contributed by atoms with van der Waals surface area (Å²) in [6.07, 6.45) is 5.26. The molecule has 1 unspecified atom stereocenters. The SMILES string of the molecule is Cc1ccc2sc(F)c(C3C=CNC=N3)c2c1. The number of aryl methyl sites for hydroxylation is 1. The predicted molar refractivity (Wildman–Crippen MR) is 70.0 cm³/mol. The molecule has 0 fully saturated rings. The average molecular weight is 246 g/mol. The highest BCUT2D eigenvalue weighted by Gasteiger charge is 2.19. The highest BCUT2D eigenvalue weighted by Crippen LogP contribution is 2.36. The summed E-state index contributed by atoms with van der Waals surface area (Å²) in [5.74, 6) is 0. The summed E-state index contributed by atoms with van der Waals surface area (Å²) in [7, 11) is 0. The van der Waals surface area contributed by atoms with Crippen molar-refractivity contribution < 1.29 is 4.39 Å². The zero-order chi connectivity index (χ0) is 11.8. The van der Waals surface area contributed by atoms with E-state index in [0.717, 1.165) is 15.6 Å². The first-order valence-corrected chi connectivity index (χ1v) is 6.20. The number of aliphatic imine (C=N–C) groups is 1. The summed E-state index contributed by atoms with van der Waals surface area (Å²) in [4.78, 5) is 4.26. The summed E-state index contributed by atoms with van der Waals surface area (Å²) in [5.41, 5.74) is 1.82. The molecule has 2 heterocycles. The third-order valence-electron chi connectivity index (χ3n) is 2.82. The second-order valence-corrected chi connectivity index (χ2v) is 5.04. The van der Waals surface area contributed by atoms with Gasteiger partial charge in [-0.25, -0.2) is 0 Å². The Morgan fingerprint density at radius 2 is 2.29 bits per heavy atom. The highest BCUT2D eigenvalue weighted by atomic mass is 32.1. The first kappa shape index (κ1) is 10.5. The van der Waals surface area contributed by atoms with Crippen LogP contribution in [0.3, 0.4) is 0 Å². The highest BCUT2D eigenvalue weighted by molar-refractivity contribution is 7.17. The lowest BCUT2D eigenvalue weighted by molar-refractivity contribution is 0.633. The van der Waals surface area contributed by atoms with E-state index in [2.05, 4.69) is 10.3 Å². The van der Waals surface area contributed by atoms with E-state index in [0.29, 0.717) is 5.56 Å². The van der Waals surface area contributed by atoms with Gasteiger partial charge >= 0.3 is 0 Å². The molecule has 3 rings (SSSR count). The van der Waals surface area contributed by atoms with Crippen LogP contribution < -0.4 is 5.32 Å². The van der Waals surface area contributed by atoms with Gasteiger partial charge in [-0.2, -0.15) is 4.39 Å². The lowest BCUT2D eigenvalue weighted by atomic mass is 10.0. The van der Waals surface area contributed by atoms with Crippen LogP contribution in [0.15, 0.2) is 35.5 Å². The van der Waals surface area contributed by atoms with Gasteiger partial charge in [0, 0.05) is 21.8 Å². The Morgan fingerprint density at radius 3 is 3.06 bits per heavy atom. The number of fused-ring (bicyclic) bond motifs is 1. The summed E-state index contributed by atoms with van der Waals surface area (Å²) in [5, 5.41) is 3.70. The number of halogens is 1. The molecule has 1 aromatic heterocycles. The minimum absolute atomic E-state index is 0.140. The number of nitrogens with zero attached hydrogens (tertiary/aromatic N) is 1. The Bertz CT molecular complexity index is 616. The molecule has 0 saturated carbocycles. The van der Waals surface area contributed by atoms with Crippen molar-refractivity contribution in [3.8, 4) is 0 Å². The Labute approximate surface area is 102 Å². The fourth-order valence-corrected chi connectivity index (χ4v) is 2.96. The van der Waals surface area contributed by atoms with Crippen LogP contribution in [-0.2, 0) is 0 Å². The van der Waals surface area contributed by atoms with Crippen LogP contribution in [0.1, 0.15) is 17.2 Å². The van der Waals surface area contributed by atoms with Gasteiger partial charge < -0.3 is 5.32 Å². The third kappa shape index (κ3) is 1.74. The normalized spacial score (nSPS) is 18.6. The predicted octanol–water partition coefficient (Wildman–Crippen LogP) is 3.54. The lowest BCUT2D eigenvalue weighted by Gasteiger charge is -2.10. The Kier molecular flexibility index (Phi) is 2.44. The summed E-state index contributed by atoms with van der Waals surface area (Å²) >= 11 is 1.19. The quantitative estimate of drug-likeness (QED) is 0.817. The molecule has 17 heavy (non-hydrogen) atoms. The monoisotopic (exact) mass is 246 g/mol. The van der Waals surface area contributed by atoms with Crippen molar-refractivity contribution in [2.75, 3.05) is 0 Å². The van der Waals surface area contributed by atoms with Gasteiger partial charge in [-0.05, 0) is 19.1 Å². The van der Waals surface area contributed by atoms with Crippen molar-refractivity contribution in [3.63, 3.8) is 0 Å². The zero-order valence-electron chi connectivity index (χ0n) is 9.27. The van der Waals surface area contributed by atoms with Gasteiger partial charge in [0.1, 0.15) is 6.04 Å².